The maximum atomic E-state index is 14.1. The van der Waals surface area contributed by atoms with Crippen molar-refractivity contribution in [2.45, 2.75) is 19.8 Å². The van der Waals surface area contributed by atoms with Crippen molar-refractivity contribution in [1.29, 1.82) is 5.26 Å². The standard InChI is InChI=1S/C22H19F2N5O2/c1-2-3-9-31-20-17(23)10-14(11-18(20)24)13-26-29-22-27-19(15-7-5-4-6-8-15)16(12-25)21(30)28-22/h4-8,10-11,13H,2-3,9H2,1H3,(H2,27,28,29,30). The molecule has 0 aliphatic carbocycles. The number of ether oxygens (including phenoxy) is 1. The third-order valence-electron chi connectivity index (χ3n) is 4.23. The van der Waals surface area contributed by atoms with Crippen molar-refractivity contribution in [3.8, 4) is 23.1 Å². The van der Waals surface area contributed by atoms with Gasteiger partial charge in [-0.3, -0.25) is 9.78 Å². The van der Waals surface area contributed by atoms with Crippen LogP contribution in [0.4, 0.5) is 14.7 Å². The fraction of sp³-hybridized carbons (Fsp3) is 0.182. The summed E-state index contributed by atoms with van der Waals surface area (Å²) in [5, 5.41) is 13.1. The normalized spacial score (nSPS) is 10.8. The fourth-order valence-electron chi connectivity index (χ4n) is 2.71. The molecule has 31 heavy (non-hydrogen) atoms. The predicted molar refractivity (Wildman–Crippen MR) is 113 cm³/mol. The molecule has 0 fully saturated rings. The number of nitriles is 1. The van der Waals surface area contributed by atoms with Crippen LogP contribution in [0.3, 0.4) is 0 Å². The average molecular weight is 423 g/mol. The van der Waals surface area contributed by atoms with Gasteiger partial charge in [-0.2, -0.15) is 10.4 Å². The molecular formula is C22H19F2N5O2. The molecule has 0 amide bonds. The van der Waals surface area contributed by atoms with E-state index in [0.29, 0.717) is 12.0 Å². The van der Waals surface area contributed by atoms with Gasteiger partial charge in [0.25, 0.3) is 5.56 Å². The van der Waals surface area contributed by atoms with Crippen LogP contribution in [-0.4, -0.2) is 22.8 Å². The van der Waals surface area contributed by atoms with Gasteiger partial charge < -0.3 is 4.74 Å². The highest BCUT2D eigenvalue weighted by molar-refractivity contribution is 5.80. The van der Waals surface area contributed by atoms with E-state index in [2.05, 4.69) is 20.5 Å². The van der Waals surface area contributed by atoms with Gasteiger partial charge in [0.2, 0.25) is 5.95 Å². The number of aromatic nitrogens is 2. The first-order chi connectivity index (χ1) is 15.0. The highest BCUT2D eigenvalue weighted by atomic mass is 19.1. The molecule has 2 aromatic carbocycles. The molecule has 9 heteroatoms. The molecule has 0 atom stereocenters. The van der Waals surface area contributed by atoms with Crippen LogP contribution in [0.15, 0.2) is 52.4 Å². The molecule has 3 aromatic rings. The van der Waals surface area contributed by atoms with E-state index in [-0.39, 0.29) is 29.4 Å². The molecule has 3 rings (SSSR count). The van der Waals surface area contributed by atoms with Crippen LogP contribution in [0.25, 0.3) is 11.3 Å². The smallest absolute Gasteiger partial charge is 0.270 e. The molecule has 0 bridgehead atoms. The second-order valence-electron chi connectivity index (χ2n) is 6.50. The molecular weight excluding hydrogens is 404 g/mol. The van der Waals surface area contributed by atoms with E-state index in [9.17, 15) is 18.8 Å². The maximum Gasteiger partial charge on any atom is 0.270 e. The Labute approximate surface area is 177 Å². The number of benzene rings is 2. The molecule has 7 nitrogen and oxygen atoms in total. The quantitative estimate of drug-likeness (QED) is 0.321. The first-order valence-corrected chi connectivity index (χ1v) is 9.54. The Hall–Kier alpha value is -4.06. The summed E-state index contributed by atoms with van der Waals surface area (Å²) in [5.74, 6) is -2.13. The summed E-state index contributed by atoms with van der Waals surface area (Å²) in [6.07, 6.45) is 2.70. The van der Waals surface area contributed by atoms with E-state index < -0.39 is 22.9 Å². The third-order valence-corrected chi connectivity index (χ3v) is 4.23. The number of unbranched alkanes of at least 4 members (excludes halogenated alkanes) is 1. The van der Waals surface area contributed by atoms with Crippen molar-refractivity contribution < 1.29 is 13.5 Å². The zero-order valence-electron chi connectivity index (χ0n) is 16.7. The molecule has 2 N–H and O–H groups in total. The van der Waals surface area contributed by atoms with E-state index in [1.54, 1.807) is 30.3 Å². The minimum atomic E-state index is -0.839. The zero-order chi connectivity index (χ0) is 22.2. The minimum Gasteiger partial charge on any atom is -0.488 e. The van der Waals surface area contributed by atoms with Gasteiger partial charge in [-0.25, -0.2) is 19.2 Å². The zero-order valence-corrected chi connectivity index (χ0v) is 16.7. The second-order valence-corrected chi connectivity index (χ2v) is 6.50. The lowest BCUT2D eigenvalue weighted by Gasteiger charge is -2.08. The highest BCUT2D eigenvalue weighted by Gasteiger charge is 2.14. The molecule has 0 radical (unpaired) electrons. The van der Waals surface area contributed by atoms with Gasteiger partial charge in [-0.15, -0.1) is 0 Å². The van der Waals surface area contributed by atoms with Crippen molar-refractivity contribution in [3.05, 3.63) is 75.6 Å². The van der Waals surface area contributed by atoms with Crippen molar-refractivity contribution in [2.24, 2.45) is 5.10 Å². The van der Waals surface area contributed by atoms with E-state index in [0.717, 1.165) is 18.6 Å². The lowest BCUT2D eigenvalue weighted by molar-refractivity contribution is 0.278. The number of H-pyrrole nitrogens is 1. The van der Waals surface area contributed by atoms with Crippen LogP contribution >= 0.6 is 0 Å². The van der Waals surface area contributed by atoms with Crippen molar-refractivity contribution in [2.75, 3.05) is 12.0 Å². The SMILES string of the molecule is CCCCOc1c(F)cc(C=NNc2nc(-c3ccccc3)c(C#N)c(=O)[nH]2)cc1F. The summed E-state index contributed by atoms with van der Waals surface area (Å²) >= 11 is 0. The van der Waals surface area contributed by atoms with Crippen molar-refractivity contribution >= 4 is 12.2 Å². The van der Waals surface area contributed by atoms with E-state index in [1.807, 2.05) is 13.0 Å². The van der Waals surface area contributed by atoms with Gasteiger partial charge in [-0.1, -0.05) is 43.7 Å². The summed E-state index contributed by atoms with van der Waals surface area (Å²) < 4.78 is 33.4. The number of halogens is 2. The van der Waals surface area contributed by atoms with E-state index in [4.69, 9.17) is 4.74 Å². The van der Waals surface area contributed by atoms with Crippen molar-refractivity contribution in [3.63, 3.8) is 0 Å². The Balaban J connectivity index is 1.81. The summed E-state index contributed by atoms with van der Waals surface area (Å²) in [7, 11) is 0. The fourth-order valence-corrected chi connectivity index (χ4v) is 2.71. The number of aromatic amines is 1. The van der Waals surface area contributed by atoms with Crippen LogP contribution in [0.1, 0.15) is 30.9 Å². The molecule has 0 saturated heterocycles. The molecule has 0 unspecified atom stereocenters. The van der Waals surface area contributed by atoms with Crippen LogP contribution in [0.5, 0.6) is 5.75 Å². The Bertz CT molecular complexity index is 1160. The number of nitrogens with zero attached hydrogens (tertiary/aromatic N) is 3. The van der Waals surface area contributed by atoms with Crippen LogP contribution in [0, 0.1) is 23.0 Å². The first-order valence-electron chi connectivity index (χ1n) is 9.54. The predicted octanol–water partition coefficient (Wildman–Crippen LogP) is 4.21. The summed E-state index contributed by atoms with van der Waals surface area (Å²) in [6, 6.07) is 12.7. The third kappa shape index (κ3) is 5.30. The van der Waals surface area contributed by atoms with Crippen LogP contribution < -0.4 is 15.7 Å². The molecule has 0 aliphatic rings. The van der Waals surface area contributed by atoms with E-state index >= 15 is 0 Å². The van der Waals surface area contributed by atoms with Gasteiger partial charge in [0.15, 0.2) is 17.4 Å². The number of hydrogen-bond donors (Lipinski definition) is 2. The van der Waals surface area contributed by atoms with Crippen molar-refractivity contribution in [1.82, 2.24) is 9.97 Å². The van der Waals surface area contributed by atoms with Gasteiger partial charge in [0.1, 0.15) is 11.6 Å². The number of anilines is 1. The molecule has 1 aromatic heterocycles. The second kappa shape index (κ2) is 10.1. The van der Waals surface area contributed by atoms with Gasteiger partial charge in [0.05, 0.1) is 18.5 Å². The lowest BCUT2D eigenvalue weighted by atomic mass is 10.1. The van der Waals surface area contributed by atoms with Gasteiger partial charge >= 0.3 is 0 Å². The van der Waals surface area contributed by atoms with Crippen LogP contribution in [0.2, 0.25) is 0 Å². The summed E-state index contributed by atoms with van der Waals surface area (Å²) in [4.78, 5) is 18.8. The number of hydrogen-bond acceptors (Lipinski definition) is 6. The minimum absolute atomic E-state index is 0.0282. The Morgan fingerprint density at radius 1 is 1.26 bits per heavy atom. The van der Waals surface area contributed by atoms with Crippen LogP contribution in [-0.2, 0) is 0 Å². The van der Waals surface area contributed by atoms with Gasteiger partial charge in [0, 0.05) is 11.1 Å². The Morgan fingerprint density at radius 2 is 1.97 bits per heavy atom. The van der Waals surface area contributed by atoms with Gasteiger partial charge in [-0.05, 0) is 18.6 Å². The molecule has 158 valence electrons. The molecule has 0 aliphatic heterocycles. The first kappa shape index (κ1) is 21.6. The number of rotatable bonds is 8. The summed E-state index contributed by atoms with van der Waals surface area (Å²) in [5.41, 5.74) is 2.65. The maximum absolute atomic E-state index is 14.1. The monoisotopic (exact) mass is 423 g/mol. The largest absolute Gasteiger partial charge is 0.488 e. The number of nitrogens with one attached hydrogen (secondary N) is 2. The highest BCUT2D eigenvalue weighted by Crippen LogP contribution is 2.23. The molecule has 0 spiro atoms. The summed E-state index contributed by atoms with van der Waals surface area (Å²) in [6.45, 7) is 2.17. The lowest BCUT2D eigenvalue weighted by Crippen LogP contribution is -2.16. The average Bonchev–Trinajstić information content (AvgIpc) is 2.76. The molecule has 0 saturated carbocycles. The number of hydrazone groups is 1. The van der Waals surface area contributed by atoms with E-state index in [1.165, 1.54) is 6.21 Å². The topological polar surface area (TPSA) is 103 Å². The Kier molecular flexibility index (Phi) is 7.06. The molecule has 1 heterocycles. The Morgan fingerprint density at radius 3 is 2.61 bits per heavy atom.